The second-order valence-corrected chi connectivity index (χ2v) is 9.38. The number of pyridine rings is 1. The van der Waals surface area contributed by atoms with Crippen molar-refractivity contribution in [2.45, 2.75) is 26.4 Å². The monoisotopic (exact) mass is 497 g/mol. The molecule has 34 heavy (non-hydrogen) atoms. The summed E-state index contributed by atoms with van der Waals surface area (Å²) in [4.78, 5) is 38.9. The highest BCUT2D eigenvalue weighted by molar-refractivity contribution is 7.32. The van der Waals surface area contributed by atoms with Gasteiger partial charge in [-0.3, -0.25) is 10.3 Å². The van der Waals surface area contributed by atoms with Crippen molar-refractivity contribution in [1.82, 2.24) is 25.3 Å². The lowest BCUT2D eigenvalue weighted by molar-refractivity contribution is 0.0928. The van der Waals surface area contributed by atoms with Crippen LogP contribution >= 0.6 is 19.6 Å². The minimum Gasteiger partial charge on any atom is -0.338 e. The lowest BCUT2D eigenvalue weighted by Crippen LogP contribution is -2.28. The Balaban J connectivity index is 1.77. The number of anilines is 1. The molecule has 0 aliphatic rings. The van der Waals surface area contributed by atoms with E-state index in [1.807, 2.05) is 37.3 Å². The molecular formula is C22H22N6O4PS+. The molecule has 0 fully saturated rings. The van der Waals surface area contributed by atoms with E-state index in [-0.39, 0.29) is 11.9 Å². The van der Waals surface area contributed by atoms with Gasteiger partial charge in [0.1, 0.15) is 0 Å². The molecule has 0 saturated heterocycles. The van der Waals surface area contributed by atoms with Crippen LogP contribution in [-0.2, 0) is 14.7 Å². The summed E-state index contributed by atoms with van der Waals surface area (Å²) < 4.78 is 17.0. The van der Waals surface area contributed by atoms with Crippen LogP contribution in [-0.4, -0.2) is 37.4 Å². The average molecular weight is 497 g/mol. The third-order valence-electron chi connectivity index (χ3n) is 4.82. The fraction of sp³-hybridized carbons (Fsp3) is 0.227. The minimum absolute atomic E-state index is 0.279. The zero-order valence-electron chi connectivity index (χ0n) is 18.6. The standard InChI is InChI=1S/C22H21N6O4PS/c1-4-23-20(29)28-21-27-17-10-13(9-15(18(17)34-21)16-7-5-6-8-24-16)14-11-25-19(26-12-14)22(2,3)32-33(30)31/h5-12H,4H2,1-3H3,(H2-,23,27,28,29,30,31)/p+1. The summed E-state index contributed by atoms with van der Waals surface area (Å²) in [5, 5.41) is 5.93. The van der Waals surface area contributed by atoms with Gasteiger partial charge in [-0.05, 0) is 50.6 Å². The minimum atomic E-state index is -2.80. The molecule has 0 spiro atoms. The van der Waals surface area contributed by atoms with Crippen LogP contribution in [0.15, 0.2) is 48.9 Å². The third kappa shape index (κ3) is 5.23. The van der Waals surface area contributed by atoms with Gasteiger partial charge in [0.05, 0.1) is 15.9 Å². The highest BCUT2D eigenvalue weighted by Gasteiger charge is 2.35. The molecule has 1 unspecified atom stereocenters. The van der Waals surface area contributed by atoms with Crippen LogP contribution in [0.2, 0.25) is 0 Å². The predicted octanol–water partition coefficient (Wildman–Crippen LogP) is 4.86. The number of urea groups is 1. The van der Waals surface area contributed by atoms with Crippen molar-refractivity contribution in [3.8, 4) is 22.4 Å². The van der Waals surface area contributed by atoms with Crippen LogP contribution in [0.25, 0.3) is 32.6 Å². The number of rotatable bonds is 7. The molecule has 4 aromatic rings. The SMILES string of the molecule is CCNC(=O)Nc1nc2cc(-c3cnc(C(C)(C)O[P+](=O)O)nc3)cc(-c3ccccn3)c2s1. The van der Waals surface area contributed by atoms with Crippen LogP contribution in [0.4, 0.5) is 9.93 Å². The number of carbonyl (C=O) groups is 1. The van der Waals surface area contributed by atoms with Crippen molar-refractivity contribution >= 4 is 41.0 Å². The molecule has 3 aromatic heterocycles. The summed E-state index contributed by atoms with van der Waals surface area (Å²) in [6.45, 7) is 5.59. The summed E-state index contributed by atoms with van der Waals surface area (Å²) in [6, 6.07) is 9.21. The number of carbonyl (C=O) groups excluding carboxylic acids is 1. The summed E-state index contributed by atoms with van der Waals surface area (Å²) in [7, 11) is -2.80. The molecule has 10 nitrogen and oxygen atoms in total. The van der Waals surface area contributed by atoms with Crippen molar-refractivity contribution in [1.29, 1.82) is 0 Å². The summed E-state index contributed by atoms with van der Waals surface area (Å²) in [5.74, 6) is 0.279. The Kier molecular flexibility index (Phi) is 6.90. The molecule has 0 aliphatic carbocycles. The van der Waals surface area contributed by atoms with E-state index < -0.39 is 13.9 Å². The van der Waals surface area contributed by atoms with E-state index in [4.69, 9.17) is 9.42 Å². The van der Waals surface area contributed by atoms with Gasteiger partial charge in [0.25, 0.3) is 0 Å². The molecule has 3 N–H and O–H groups in total. The molecule has 12 heteroatoms. The van der Waals surface area contributed by atoms with E-state index in [2.05, 4.69) is 30.6 Å². The van der Waals surface area contributed by atoms with Gasteiger partial charge in [0.2, 0.25) is 0 Å². The van der Waals surface area contributed by atoms with Gasteiger partial charge in [-0.15, -0.1) is 9.42 Å². The maximum atomic E-state index is 12.0. The number of aromatic nitrogens is 4. The van der Waals surface area contributed by atoms with Crippen LogP contribution in [0, 0.1) is 0 Å². The van der Waals surface area contributed by atoms with E-state index in [0.717, 1.165) is 27.1 Å². The first kappa shape index (κ1) is 23.8. The lowest BCUT2D eigenvalue weighted by atomic mass is 10.0. The highest BCUT2D eigenvalue weighted by atomic mass is 32.1. The van der Waals surface area contributed by atoms with Crippen LogP contribution in [0.5, 0.6) is 0 Å². The normalized spacial score (nSPS) is 11.9. The number of hydrogen-bond acceptors (Lipinski definition) is 8. The molecule has 174 valence electrons. The topological polar surface area (TPSA) is 139 Å². The quantitative estimate of drug-likeness (QED) is 0.308. The van der Waals surface area contributed by atoms with E-state index in [1.54, 1.807) is 32.4 Å². The molecule has 0 bridgehead atoms. The highest BCUT2D eigenvalue weighted by Crippen LogP contribution is 2.38. The van der Waals surface area contributed by atoms with Gasteiger partial charge in [0.15, 0.2) is 16.6 Å². The zero-order valence-corrected chi connectivity index (χ0v) is 20.4. The number of thiazole rings is 1. The Morgan fingerprint density at radius 2 is 1.94 bits per heavy atom. The molecule has 0 radical (unpaired) electrons. The fourth-order valence-corrected chi connectivity index (χ4v) is 4.73. The zero-order chi connectivity index (χ0) is 24.3. The van der Waals surface area contributed by atoms with Gasteiger partial charge in [-0.25, -0.2) is 19.7 Å². The Morgan fingerprint density at radius 3 is 2.59 bits per heavy atom. The van der Waals surface area contributed by atoms with E-state index in [1.165, 1.54) is 11.3 Å². The molecule has 1 aromatic carbocycles. The molecular weight excluding hydrogens is 475 g/mol. The molecule has 0 saturated carbocycles. The van der Waals surface area contributed by atoms with Crippen molar-refractivity contribution in [2.75, 3.05) is 11.9 Å². The van der Waals surface area contributed by atoms with Crippen LogP contribution in [0.3, 0.4) is 0 Å². The first-order chi connectivity index (χ1) is 16.3. The Bertz CT molecular complexity index is 1350. The van der Waals surface area contributed by atoms with Gasteiger partial charge in [-0.2, -0.15) is 0 Å². The number of fused-ring (bicyclic) bond motifs is 1. The van der Waals surface area contributed by atoms with Crippen molar-refractivity contribution in [3.05, 3.63) is 54.7 Å². The summed E-state index contributed by atoms with van der Waals surface area (Å²) in [5.41, 5.74) is 2.72. The first-order valence-electron chi connectivity index (χ1n) is 10.4. The third-order valence-corrected chi connectivity index (χ3v) is 6.45. The van der Waals surface area contributed by atoms with E-state index in [0.29, 0.717) is 17.2 Å². The number of nitrogens with one attached hydrogen (secondary N) is 2. The number of nitrogens with zero attached hydrogens (tertiary/aromatic N) is 4. The number of benzene rings is 1. The largest absolute Gasteiger partial charge is 0.695 e. The lowest BCUT2D eigenvalue weighted by Gasteiger charge is -2.15. The van der Waals surface area contributed by atoms with E-state index in [9.17, 15) is 9.36 Å². The smallest absolute Gasteiger partial charge is 0.338 e. The molecule has 0 aliphatic heterocycles. The fourth-order valence-electron chi connectivity index (χ4n) is 3.29. The van der Waals surface area contributed by atoms with Crippen molar-refractivity contribution in [2.24, 2.45) is 0 Å². The van der Waals surface area contributed by atoms with Gasteiger partial charge >= 0.3 is 14.3 Å². The number of amides is 2. The second kappa shape index (κ2) is 9.86. The molecule has 2 amide bonds. The average Bonchev–Trinajstić information content (AvgIpc) is 3.20. The molecule has 1 atom stereocenters. The molecule has 3 heterocycles. The maximum Gasteiger partial charge on any atom is 0.695 e. The summed E-state index contributed by atoms with van der Waals surface area (Å²) in [6.07, 6.45) is 4.97. The Labute approximate surface area is 200 Å². The van der Waals surface area contributed by atoms with Gasteiger partial charge in [-0.1, -0.05) is 17.4 Å². The second-order valence-electron chi connectivity index (χ2n) is 7.73. The number of hydrogen-bond donors (Lipinski definition) is 3. The van der Waals surface area contributed by atoms with Crippen LogP contribution in [0.1, 0.15) is 26.6 Å². The van der Waals surface area contributed by atoms with Gasteiger partial charge in [0, 0.05) is 40.8 Å². The van der Waals surface area contributed by atoms with Crippen LogP contribution < -0.4 is 10.6 Å². The Hall–Kier alpha value is -3.37. The van der Waals surface area contributed by atoms with Gasteiger partial charge < -0.3 is 5.32 Å². The predicted molar refractivity (Wildman–Crippen MR) is 131 cm³/mol. The van der Waals surface area contributed by atoms with E-state index >= 15 is 0 Å². The first-order valence-corrected chi connectivity index (χ1v) is 12.3. The van der Waals surface area contributed by atoms with Crippen molar-refractivity contribution in [3.63, 3.8) is 0 Å². The van der Waals surface area contributed by atoms with Crippen molar-refractivity contribution < 1.29 is 18.8 Å². The maximum absolute atomic E-state index is 12.0. The summed E-state index contributed by atoms with van der Waals surface area (Å²) >= 11 is 1.37. The Morgan fingerprint density at radius 1 is 1.18 bits per heavy atom. The molecule has 4 rings (SSSR count).